The van der Waals surface area contributed by atoms with Crippen LogP contribution in [0.15, 0.2) is 42.0 Å². The number of aliphatic hydroxyl groups is 1. The predicted octanol–water partition coefficient (Wildman–Crippen LogP) is 4.17. The molecule has 194 valence electrons. The van der Waals surface area contributed by atoms with Gasteiger partial charge in [0.05, 0.1) is 32.4 Å². The van der Waals surface area contributed by atoms with Crippen molar-refractivity contribution in [1.82, 2.24) is 9.80 Å². The number of ether oxygens (including phenoxy) is 3. The van der Waals surface area contributed by atoms with Crippen LogP contribution >= 0.6 is 0 Å². The van der Waals surface area contributed by atoms with E-state index in [4.69, 9.17) is 14.2 Å². The fourth-order valence-electron chi connectivity index (χ4n) is 4.23. The fourth-order valence-corrected chi connectivity index (χ4v) is 4.23. The van der Waals surface area contributed by atoms with Gasteiger partial charge in [-0.15, -0.1) is 0 Å². The number of benzene rings is 2. The van der Waals surface area contributed by atoms with Gasteiger partial charge >= 0.3 is 0 Å². The molecule has 0 aromatic heterocycles. The monoisotopic (exact) mass is 496 g/mol. The Kier molecular flexibility index (Phi) is 8.98. The molecule has 0 radical (unpaired) electrons. The normalized spacial score (nSPS) is 17.1. The van der Waals surface area contributed by atoms with Crippen LogP contribution in [0.5, 0.6) is 17.2 Å². The van der Waals surface area contributed by atoms with Crippen molar-refractivity contribution in [3.05, 3.63) is 58.7 Å². The van der Waals surface area contributed by atoms with E-state index in [-0.39, 0.29) is 11.3 Å². The Hall–Kier alpha value is -3.52. The molecule has 0 aliphatic carbocycles. The molecule has 1 fully saturated rings. The molecule has 1 saturated heterocycles. The van der Waals surface area contributed by atoms with Crippen molar-refractivity contribution in [3.63, 3.8) is 0 Å². The first-order valence-corrected chi connectivity index (χ1v) is 12.1. The van der Waals surface area contributed by atoms with Crippen LogP contribution in [0.2, 0.25) is 0 Å². The number of methoxy groups -OCH3 is 2. The third-order valence-corrected chi connectivity index (χ3v) is 6.26. The minimum Gasteiger partial charge on any atom is -0.507 e. The van der Waals surface area contributed by atoms with Crippen LogP contribution in [-0.2, 0) is 9.59 Å². The molecular formula is C28H36N2O6. The van der Waals surface area contributed by atoms with Crippen molar-refractivity contribution < 1.29 is 28.9 Å². The number of rotatable bonds is 11. The van der Waals surface area contributed by atoms with Crippen LogP contribution in [0.1, 0.15) is 42.5 Å². The van der Waals surface area contributed by atoms with Crippen LogP contribution in [-0.4, -0.2) is 74.6 Å². The van der Waals surface area contributed by atoms with Gasteiger partial charge in [0.2, 0.25) is 0 Å². The van der Waals surface area contributed by atoms with Gasteiger partial charge in [-0.05, 0) is 68.9 Å². The van der Waals surface area contributed by atoms with E-state index in [0.717, 1.165) is 24.2 Å². The molecule has 8 heteroatoms. The number of likely N-dealkylation sites (tertiary alicyclic amines) is 1. The largest absolute Gasteiger partial charge is 0.507 e. The van der Waals surface area contributed by atoms with E-state index in [0.29, 0.717) is 42.3 Å². The zero-order valence-electron chi connectivity index (χ0n) is 22.0. The van der Waals surface area contributed by atoms with Gasteiger partial charge in [-0.2, -0.15) is 0 Å². The highest BCUT2D eigenvalue weighted by atomic mass is 16.5. The van der Waals surface area contributed by atoms with Crippen molar-refractivity contribution >= 4 is 17.4 Å². The van der Waals surface area contributed by atoms with Gasteiger partial charge in [-0.3, -0.25) is 9.59 Å². The topological polar surface area (TPSA) is 88.5 Å². The molecule has 0 bridgehead atoms. The van der Waals surface area contributed by atoms with E-state index in [2.05, 4.69) is 6.92 Å². The Balaban J connectivity index is 2.11. The molecule has 1 amide bonds. The Bertz CT molecular complexity index is 1140. The lowest BCUT2D eigenvalue weighted by Crippen LogP contribution is -2.35. The molecule has 1 aliphatic heterocycles. The van der Waals surface area contributed by atoms with Crippen LogP contribution in [0, 0.1) is 6.92 Å². The van der Waals surface area contributed by atoms with E-state index in [1.165, 1.54) is 12.0 Å². The maximum Gasteiger partial charge on any atom is 0.295 e. The van der Waals surface area contributed by atoms with Crippen molar-refractivity contribution in [3.8, 4) is 17.2 Å². The van der Waals surface area contributed by atoms with Gasteiger partial charge in [0.25, 0.3) is 11.7 Å². The summed E-state index contributed by atoms with van der Waals surface area (Å²) < 4.78 is 16.6. The number of hydrogen-bond acceptors (Lipinski definition) is 7. The predicted molar refractivity (Wildman–Crippen MR) is 139 cm³/mol. The highest BCUT2D eigenvalue weighted by Gasteiger charge is 2.46. The minimum absolute atomic E-state index is 0.0463. The third kappa shape index (κ3) is 5.65. The van der Waals surface area contributed by atoms with Gasteiger partial charge < -0.3 is 29.1 Å². The maximum atomic E-state index is 13.3. The summed E-state index contributed by atoms with van der Waals surface area (Å²) in [5.74, 6) is 0.145. The van der Waals surface area contributed by atoms with Crippen molar-refractivity contribution in [2.24, 2.45) is 0 Å². The fraction of sp³-hybridized carbons (Fsp3) is 0.429. The van der Waals surface area contributed by atoms with Gasteiger partial charge in [0.1, 0.15) is 11.5 Å². The number of nitrogens with zero attached hydrogens (tertiary/aromatic N) is 2. The molecule has 0 saturated carbocycles. The summed E-state index contributed by atoms with van der Waals surface area (Å²) in [7, 11) is 6.86. The molecule has 1 N–H and O–H groups in total. The summed E-state index contributed by atoms with van der Waals surface area (Å²) in [4.78, 5) is 29.8. The number of ketones is 1. The van der Waals surface area contributed by atoms with E-state index in [1.807, 2.05) is 25.9 Å². The molecule has 36 heavy (non-hydrogen) atoms. The number of hydrogen-bond donors (Lipinski definition) is 1. The van der Waals surface area contributed by atoms with Crippen LogP contribution in [0.25, 0.3) is 5.76 Å². The summed E-state index contributed by atoms with van der Waals surface area (Å²) in [6.07, 6.45) is 1.98. The first-order valence-electron chi connectivity index (χ1n) is 12.1. The zero-order valence-corrected chi connectivity index (χ0v) is 22.0. The van der Waals surface area contributed by atoms with Crippen LogP contribution in [0.4, 0.5) is 0 Å². The van der Waals surface area contributed by atoms with Crippen LogP contribution in [0.3, 0.4) is 0 Å². The van der Waals surface area contributed by atoms with E-state index >= 15 is 0 Å². The SMILES string of the molecule is CCCCOc1ccc(C(O)=C2C(=O)C(=O)N(CCN(C)C)[C@H]2c2ccc(OC)c(OC)c2)cc1C. The molecule has 3 rings (SSSR count). The molecule has 1 aliphatic rings. The van der Waals surface area contributed by atoms with Gasteiger partial charge in [0, 0.05) is 18.7 Å². The summed E-state index contributed by atoms with van der Waals surface area (Å²) in [5, 5.41) is 11.4. The minimum atomic E-state index is -0.773. The molecule has 2 aromatic rings. The van der Waals surface area contributed by atoms with Crippen LogP contribution < -0.4 is 14.2 Å². The Morgan fingerprint density at radius 3 is 2.33 bits per heavy atom. The summed E-state index contributed by atoms with van der Waals surface area (Å²) >= 11 is 0. The van der Waals surface area contributed by atoms with Gasteiger partial charge in [-0.25, -0.2) is 0 Å². The highest BCUT2D eigenvalue weighted by molar-refractivity contribution is 6.46. The third-order valence-electron chi connectivity index (χ3n) is 6.26. The standard InChI is InChI=1S/C28H36N2O6/c1-7-8-15-36-21-11-10-20(16-18(21)2)26(31)24-25(19-9-12-22(34-5)23(17-19)35-6)30(14-13-29(3)4)28(33)27(24)32/h9-12,16-17,25,31H,7-8,13-15H2,1-6H3/t25-/m0/s1. The first-order chi connectivity index (χ1) is 17.2. The number of unbranched alkanes of at least 4 members (excludes halogenated alkanes) is 1. The average Bonchev–Trinajstić information content (AvgIpc) is 3.12. The lowest BCUT2D eigenvalue weighted by Gasteiger charge is -2.27. The molecule has 2 aromatic carbocycles. The molecule has 0 unspecified atom stereocenters. The Morgan fingerprint density at radius 1 is 1.03 bits per heavy atom. The van der Waals surface area contributed by atoms with Crippen molar-refractivity contribution in [2.45, 2.75) is 32.7 Å². The summed E-state index contributed by atoms with van der Waals surface area (Å²) in [6.45, 7) is 5.47. The Morgan fingerprint density at radius 2 is 1.72 bits per heavy atom. The van der Waals surface area contributed by atoms with Crippen molar-refractivity contribution in [2.75, 3.05) is 48.0 Å². The van der Waals surface area contributed by atoms with Gasteiger partial charge in [-0.1, -0.05) is 19.4 Å². The summed E-state index contributed by atoms with van der Waals surface area (Å²) in [5.41, 5.74) is 1.97. The average molecular weight is 497 g/mol. The summed E-state index contributed by atoms with van der Waals surface area (Å²) in [6, 6.07) is 9.74. The number of carbonyl (C=O) groups excluding carboxylic acids is 2. The number of likely N-dealkylation sites (N-methyl/N-ethyl adjacent to an activating group) is 1. The molecule has 0 spiro atoms. The lowest BCUT2D eigenvalue weighted by atomic mass is 9.94. The quantitative estimate of drug-likeness (QED) is 0.216. The number of aliphatic hydroxyl groups excluding tert-OH is 1. The second-order valence-corrected chi connectivity index (χ2v) is 9.09. The van der Waals surface area contributed by atoms with E-state index < -0.39 is 17.7 Å². The Labute approximate surface area is 213 Å². The zero-order chi connectivity index (χ0) is 26.4. The second-order valence-electron chi connectivity index (χ2n) is 9.09. The van der Waals surface area contributed by atoms with Crippen molar-refractivity contribution in [1.29, 1.82) is 0 Å². The number of Topliss-reactive ketones (excluding diaryl/α,β-unsaturated/α-hetero) is 1. The molecular weight excluding hydrogens is 460 g/mol. The highest BCUT2D eigenvalue weighted by Crippen LogP contribution is 2.42. The molecule has 1 heterocycles. The van der Waals surface area contributed by atoms with E-state index in [1.54, 1.807) is 43.5 Å². The number of amides is 1. The molecule has 8 nitrogen and oxygen atoms in total. The smallest absolute Gasteiger partial charge is 0.295 e. The maximum absolute atomic E-state index is 13.3. The molecule has 1 atom stereocenters. The lowest BCUT2D eigenvalue weighted by molar-refractivity contribution is -0.140. The van der Waals surface area contributed by atoms with E-state index in [9.17, 15) is 14.7 Å². The first kappa shape index (κ1) is 27.1. The second kappa shape index (κ2) is 11.9. The number of carbonyl (C=O) groups is 2. The van der Waals surface area contributed by atoms with Gasteiger partial charge in [0.15, 0.2) is 11.5 Å². The number of aryl methyl sites for hydroxylation is 1.